The molecule has 6 N–H and O–H groups in total. The Kier molecular flexibility index (Phi) is 10.2. The number of hydrogen-bond acceptors (Lipinski definition) is 7. The second-order valence-corrected chi connectivity index (χ2v) is 9.58. The molecule has 0 aliphatic rings. The minimum atomic E-state index is -2.61. The molecule has 0 radical (unpaired) electrons. The zero-order valence-corrected chi connectivity index (χ0v) is 21.0. The van der Waals surface area contributed by atoms with Crippen LogP contribution in [0.4, 0.5) is 0 Å². The molecule has 4 aromatic rings. The fourth-order valence-corrected chi connectivity index (χ4v) is 4.63. The highest BCUT2D eigenvalue weighted by Crippen LogP contribution is 2.47. The van der Waals surface area contributed by atoms with Gasteiger partial charge in [0, 0.05) is 6.42 Å². The van der Waals surface area contributed by atoms with E-state index in [1.165, 1.54) is 0 Å². The average Bonchev–Trinajstić information content (AvgIpc) is 2.90. The molecule has 7 nitrogen and oxygen atoms in total. The van der Waals surface area contributed by atoms with E-state index in [4.69, 9.17) is 19.6 Å². The molecule has 36 heavy (non-hydrogen) atoms. The van der Waals surface area contributed by atoms with Crippen LogP contribution in [0.5, 0.6) is 0 Å². The predicted molar refractivity (Wildman–Crippen MR) is 140 cm³/mol. The van der Waals surface area contributed by atoms with Gasteiger partial charge in [0.15, 0.2) is 0 Å². The van der Waals surface area contributed by atoms with Crippen LogP contribution < -0.4 is 0 Å². The fourth-order valence-electron chi connectivity index (χ4n) is 4.11. The van der Waals surface area contributed by atoms with Gasteiger partial charge in [0.25, 0.3) is 0 Å². The Bertz CT molecular complexity index is 1120. The Morgan fingerprint density at radius 1 is 0.500 bits per heavy atom. The van der Waals surface area contributed by atoms with E-state index in [1.807, 2.05) is 121 Å². The van der Waals surface area contributed by atoms with Crippen molar-refractivity contribution in [1.82, 2.24) is 0 Å². The Labute approximate surface area is 212 Å². The molecule has 0 bridgehead atoms. The van der Waals surface area contributed by atoms with Gasteiger partial charge >= 0.3 is 17.2 Å². The first kappa shape index (κ1) is 28.0. The molecule has 4 aromatic carbocycles. The molecule has 0 aromatic heterocycles. The lowest BCUT2D eigenvalue weighted by Crippen LogP contribution is -2.51. The van der Waals surface area contributed by atoms with Crippen molar-refractivity contribution >= 4 is 17.2 Å². The summed E-state index contributed by atoms with van der Waals surface area (Å²) in [6.07, 6.45) is 0.262. The normalized spacial score (nSPS) is 13.1. The Hall–Kier alpha value is -2.54. The first-order valence-corrected chi connectivity index (χ1v) is 13.3. The third-order valence-corrected chi connectivity index (χ3v) is 6.85. The highest BCUT2D eigenvalue weighted by Gasteiger charge is 2.52. The van der Waals surface area contributed by atoms with Crippen molar-refractivity contribution in [3.05, 3.63) is 144 Å². The molecule has 1 atom stereocenters. The second-order valence-electron chi connectivity index (χ2n) is 7.92. The predicted octanol–water partition coefficient (Wildman–Crippen LogP) is 4.48. The van der Waals surface area contributed by atoms with Crippen molar-refractivity contribution in [1.29, 1.82) is 0 Å². The molecule has 9 heteroatoms. The molecule has 0 fully saturated rings. The SMILES string of the molecule is OC(Cc1ccccc1)(c1ccccc1)C(O)(c1ccccc1)c1ccccc1.OP(O)OP(O)O. The van der Waals surface area contributed by atoms with E-state index in [9.17, 15) is 10.2 Å². The monoisotopic (exact) mass is 526 g/mol. The molecular formula is C27H28O7P2. The van der Waals surface area contributed by atoms with Crippen LogP contribution in [-0.2, 0) is 21.9 Å². The van der Waals surface area contributed by atoms with E-state index in [-0.39, 0.29) is 6.42 Å². The first-order valence-electron chi connectivity index (χ1n) is 11.0. The third kappa shape index (κ3) is 6.81. The van der Waals surface area contributed by atoms with Gasteiger partial charge in [-0.15, -0.1) is 0 Å². The summed E-state index contributed by atoms with van der Waals surface area (Å²) in [5, 5.41) is 24.6. The third-order valence-electron chi connectivity index (χ3n) is 5.68. The number of hydrogen-bond donors (Lipinski definition) is 6. The van der Waals surface area contributed by atoms with E-state index in [1.54, 1.807) is 0 Å². The Morgan fingerprint density at radius 3 is 1.17 bits per heavy atom. The number of benzene rings is 4. The van der Waals surface area contributed by atoms with Gasteiger partial charge in [0.2, 0.25) is 0 Å². The van der Waals surface area contributed by atoms with Crippen LogP contribution >= 0.6 is 17.2 Å². The van der Waals surface area contributed by atoms with Crippen LogP contribution in [0.3, 0.4) is 0 Å². The molecule has 0 spiro atoms. The maximum Gasteiger partial charge on any atom is 0.334 e. The van der Waals surface area contributed by atoms with Gasteiger partial charge in [-0.2, -0.15) is 0 Å². The van der Waals surface area contributed by atoms with E-state index in [0.717, 1.165) is 5.56 Å². The summed E-state index contributed by atoms with van der Waals surface area (Å²) >= 11 is 0. The van der Waals surface area contributed by atoms with Gasteiger partial charge in [-0.05, 0) is 22.3 Å². The summed E-state index contributed by atoms with van der Waals surface area (Å²) in [6, 6.07) is 38.1. The largest absolute Gasteiger partial charge is 0.381 e. The zero-order chi connectivity index (χ0) is 26.0. The smallest absolute Gasteiger partial charge is 0.334 e. The van der Waals surface area contributed by atoms with Crippen molar-refractivity contribution in [3.8, 4) is 0 Å². The maximum atomic E-state index is 12.3. The maximum absolute atomic E-state index is 12.3. The molecule has 1 unspecified atom stereocenters. The molecule has 0 saturated heterocycles. The number of aliphatic hydroxyl groups is 2. The van der Waals surface area contributed by atoms with Crippen LogP contribution in [0.1, 0.15) is 22.3 Å². The highest BCUT2D eigenvalue weighted by atomic mass is 31.2. The van der Waals surface area contributed by atoms with Crippen molar-refractivity contribution < 1.29 is 34.1 Å². The van der Waals surface area contributed by atoms with Gasteiger partial charge in [-0.3, -0.25) is 0 Å². The van der Waals surface area contributed by atoms with Crippen LogP contribution in [0.25, 0.3) is 0 Å². The van der Waals surface area contributed by atoms with Crippen LogP contribution in [0.15, 0.2) is 121 Å². The molecule has 188 valence electrons. The number of rotatable bonds is 8. The summed E-state index contributed by atoms with van der Waals surface area (Å²) in [4.78, 5) is 31.3. The van der Waals surface area contributed by atoms with Gasteiger partial charge < -0.3 is 29.8 Å². The molecule has 0 saturated carbocycles. The summed E-state index contributed by atoms with van der Waals surface area (Å²) in [6.45, 7) is 0. The van der Waals surface area contributed by atoms with Gasteiger partial charge in [0.1, 0.15) is 11.2 Å². The standard InChI is InChI=1S/C27H24O2.H4O5P2/c28-26(23-15-7-2-8-16-23,21-22-13-5-1-6-14-22)27(29,24-17-9-3-10-18-24)25-19-11-4-12-20-25;1-6(2)5-7(3)4/h1-20,28-29H,21H2;1-4H. The lowest BCUT2D eigenvalue weighted by molar-refractivity contribution is -0.140. The quantitative estimate of drug-likeness (QED) is 0.187. The molecule has 4 rings (SSSR count). The van der Waals surface area contributed by atoms with Gasteiger partial charge in [-0.1, -0.05) is 121 Å². The van der Waals surface area contributed by atoms with E-state index < -0.39 is 28.4 Å². The van der Waals surface area contributed by atoms with E-state index in [2.05, 4.69) is 4.31 Å². The molecule has 0 aliphatic carbocycles. The van der Waals surface area contributed by atoms with Crippen molar-refractivity contribution in [2.75, 3.05) is 0 Å². The topological polar surface area (TPSA) is 131 Å². The van der Waals surface area contributed by atoms with Crippen molar-refractivity contribution in [3.63, 3.8) is 0 Å². The minimum absolute atomic E-state index is 0.262. The Balaban J connectivity index is 0.000000454. The molecule has 0 heterocycles. The molecule has 0 aliphatic heterocycles. The van der Waals surface area contributed by atoms with Crippen molar-refractivity contribution in [2.45, 2.75) is 17.6 Å². The fraction of sp³-hybridized carbons (Fsp3) is 0.111. The summed E-state index contributed by atoms with van der Waals surface area (Å²) in [5.74, 6) is 0. The van der Waals surface area contributed by atoms with Crippen LogP contribution in [0, 0.1) is 0 Å². The van der Waals surface area contributed by atoms with Gasteiger partial charge in [-0.25, -0.2) is 4.31 Å². The highest BCUT2D eigenvalue weighted by molar-refractivity contribution is 7.53. The van der Waals surface area contributed by atoms with Crippen LogP contribution in [0.2, 0.25) is 0 Å². The molecule has 0 amide bonds. The van der Waals surface area contributed by atoms with E-state index >= 15 is 0 Å². The summed E-state index contributed by atoms with van der Waals surface area (Å²) in [7, 11) is -5.22. The molecular weight excluding hydrogens is 498 g/mol. The van der Waals surface area contributed by atoms with Gasteiger partial charge in [0.05, 0.1) is 0 Å². The average molecular weight is 526 g/mol. The summed E-state index contributed by atoms with van der Waals surface area (Å²) < 4.78 is 3.60. The lowest BCUT2D eigenvalue weighted by Gasteiger charge is -2.45. The lowest BCUT2D eigenvalue weighted by atomic mass is 9.67. The first-order chi connectivity index (χ1) is 17.3. The Morgan fingerprint density at radius 2 is 0.833 bits per heavy atom. The van der Waals surface area contributed by atoms with Crippen LogP contribution in [-0.4, -0.2) is 29.8 Å². The van der Waals surface area contributed by atoms with Crippen molar-refractivity contribution in [2.24, 2.45) is 0 Å². The minimum Gasteiger partial charge on any atom is -0.381 e. The summed E-state index contributed by atoms with van der Waals surface area (Å²) in [5.41, 5.74) is -0.324. The second kappa shape index (κ2) is 13.1. The van der Waals surface area contributed by atoms with E-state index in [0.29, 0.717) is 16.7 Å². The zero-order valence-electron chi connectivity index (χ0n) is 19.2.